The molecular weight excluding hydrogens is 418 g/mol. The number of nitrogens with zero attached hydrogens (tertiary/aromatic N) is 2. The van der Waals surface area contributed by atoms with Gasteiger partial charge < -0.3 is 4.74 Å². The second-order valence-corrected chi connectivity index (χ2v) is 8.34. The number of ether oxygens (including phenoxy) is 1. The van der Waals surface area contributed by atoms with Crippen LogP contribution in [0.4, 0.5) is 50.4 Å². The molecule has 1 rings (SSSR count). The molecule has 1 fully saturated rings. The molecular formula is C7H14F12N2OP2. The van der Waals surface area contributed by atoms with E-state index in [0.717, 1.165) is 26.3 Å². The first-order valence-corrected chi connectivity index (χ1v) is 9.64. The van der Waals surface area contributed by atoms with Crippen LogP contribution in [0, 0.1) is 6.67 Å². The van der Waals surface area contributed by atoms with Crippen LogP contribution in [0.15, 0.2) is 0 Å². The van der Waals surface area contributed by atoms with E-state index in [1.807, 2.05) is 19.0 Å². The van der Waals surface area contributed by atoms with Gasteiger partial charge in [0, 0.05) is 0 Å². The molecule has 24 heavy (non-hydrogen) atoms. The van der Waals surface area contributed by atoms with E-state index in [1.54, 1.807) is 0 Å². The molecule has 0 unspecified atom stereocenters. The molecule has 0 spiro atoms. The predicted molar refractivity (Wildman–Crippen MR) is 66.5 cm³/mol. The molecule has 1 aliphatic rings. The molecule has 0 atom stereocenters. The fraction of sp³-hybridized carbons (Fsp3) is 0.857. The molecule has 1 heterocycles. The number of rotatable bonds is 2. The Kier molecular flexibility index (Phi) is 6.63. The van der Waals surface area contributed by atoms with Crippen molar-refractivity contribution in [3.8, 4) is 0 Å². The fourth-order valence-electron chi connectivity index (χ4n) is 0.946. The van der Waals surface area contributed by atoms with Crippen molar-refractivity contribution in [3.63, 3.8) is 0 Å². The van der Waals surface area contributed by atoms with Crippen molar-refractivity contribution in [1.82, 2.24) is 9.80 Å². The van der Waals surface area contributed by atoms with Crippen LogP contribution < -0.4 is 0 Å². The zero-order valence-corrected chi connectivity index (χ0v) is 13.8. The molecule has 0 aromatic rings. The van der Waals surface area contributed by atoms with E-state index in [4.69, 9.17) is 4.74 Å². The first-order chi connectivity index (χ1) is 9.69. The van der Waals surface area contributed by atoms with Crippen LogP contribution in [0.5, 0.6) is 0 Å². The zero-order chi connectivity index (χ0) is 20.2. The van der Waals surface area contributed by atoms with Crippen molar-refractivity contribution in [2.24, 2.45) is 0 Å². The van der Waals surface area contributed by atoms with Crippen LogP contribution in [0.1, 0.15) is 0 Å². The number of hydrogen-bond acceptors (Lipinski definition) is 3. The van der Waals surface area contributed by atoms with Gasteiger partial charge in [-0.15, -0.1) is 0 Å². The second-order valence-electron chi connectivity index (χ2n) is 4.51. The van der Waals surface area contributed by atoms with Gasteiger partial charge in [0.15, 0.2) is 0 Å². The van der Waals surface area contributed by atoms with Gasteiger partial charge in [-0.2, -0.15) is 0 Å². The van der Waals surface area contributed by atoms with E-state index in [2.05, 4.69) is 11.6 Å². The zero-order valence-electron chi connectivity index (χ0n) is 12.1. The minimum absolute atomic E-state index is 0.834. The van der Waals surface area contributed by atoms with Gasteiger partial charge in [-0.1, -0.05) is 0 Å². The molecule has 3 nitrogen and oxygen atoms in total. The number of halogens is 12. The minimum atomic E-state index is -10.7. The van der Waals surface area contributed by atoms with Gasteiger partial charge in [-0.25, -0.2) is 0 Å². The normalized spacial score (nSPS) is 22.3. The molecule has 0 aliphatic carbocycles. The topological polar surface area (TPSA) is 15.7 Å². The Morgan fingerprint density at radius 2 is 0.958 bits per heavy atom. The summed E-state index contributed by atoms with van der Waals surface area (Å²) in [4.78, 5) is 4.08. The molecule has 0 radical (unpaired) electrons. The Bertz CT molecular complexity index is 341. The van der Waals surface area contributed by atoms with Crippen LogP contribution >= 0.6 is 15.6 Å². The van der Waals surface area contributed by atoms with E-state index < -0.39 is 15.6 Å². The Hall–Kier alpha value is -0.320. The summed E-state index contributed by atoms with van der Waals surface area (Å²) in [6, 6.07) is 0. The van der Waals surface area contributed by atoms with E-state index in [-0.39, 0.29) is 0 Å². The van der Waals surface area contributed by atoms with Crippen molar-refractivity contribution in [2.45, 2.75) is 0 Å². The summed E-state index contributed by atoms with van der Waals surface area (Å²) in [6.45, 7) is 6.78. The molecule has 1 aliphatic heterocycles. The molecule has 152 valence electrons. The Balaban J connectivity index is 0. The summed E-state index contributed by atoms with van der Waals surface area (Å²) < 4.78 is 124. The maximum atomic E-state index is 9.87. The quantitative estimate of drug-likeness (QED) is 0.277. The van der Waals surface area contributed by atoms with Gasteiger partial charge in [-0.05, 0) is 0 Å². The molecule has 1 saturated heterocycles. The fourth-order valence-corrected chi connectivity index (χ4v) is 0.946. The molecule has 17 heteroatoms. The first kappa shape index (κ1) is 25.9. The monoisotopic (exact) mass is 432 g/mol. The summed E-state index contributed by atoms with van der Waals surface area (Å²) >= 11 is 0. The number of morpholine rings is 1. The van der Waals surface area contributed by atoms with Crippen molar-refractivity contribution < 1.29 is 55.1 Å². The Labute approximate surface area is 129 Å². The SMILES string of the molecule is CN(C)[C+2]N1CCOCC1.F[P-](F)(F)(F)(F)F.F[P-](F)(F)(F)(F)F. The van der Waals surface area contributed by atoms with E-state index >= 15 is 0 Å². The third-order valence-electron chi connectivity index (χ3n) is 1.35. The van der Waals surface area contributed by atoms with E-state index in [9.17, 15) is 50.4 Å². The van der Waals surface area contributed by atoms with Gasteiger partial charge in [-0.3, -0.25) is 0 Å². The van der Waals surface area contributed by atoms with E-state index in [0.29, 0.717) is 0 Å². The summed E-state index contributed by atoms with van der Waals surface area (Å²) in [5, 5.41) is 0. The Morgan fingerprint density at radius 1 is 0.708 bits per heavy atom. The maximum absolute atomic E-state index is 10.7. The van der Waals surface area contributed by atoms with Gasteiger partial charge in [0.2, 0.25) is 0 Å². The molecule has 0 aromatic heterocycles. The third-order valence-corrected chi connectivity index (χ3v) is 1.35. The van der Waals surface area contributed by atoms with Gasteiger partial charge >= 0.3 is 72.6 Å². The van der Waals surface area contributed by atoms with Crippen LogP contribution in [-0.2, 0) is 4.74 Å². The molecule has 0 saturated carbocycles. The molecule has 0 aromatic carbocycles. The standard InChI is InChI=1S/C7H14N2O.2F6P/c1-8(2)7-9-3-5-10-6-4-9;2*1-7(2,3,4,5)6/h3-6H2,1-2H3;;/q+2;2*-1. The van der Waals surface area contributed by atoms with Crippen LogP contribution in [0.2, 0.25) is 0 Å². The predicted octanol–water partition coefficient (Wildman–Crippen LogP) is 6.64. The second kappa shape index (κ2) is 6.14. The van der Waals surface area contributed by atoms with Crippen LogP contribution in [0.3, 0.4) is 0 Å². The summed E-state index contributed by atoms with van der Waals surface area (Å²) in [7, 11) is -17.4. The van der Waals surface area contributed by atoms with Crippen molar-refractivity contribution >= 4 is 15.6 Å². The molecule has 0 bridgehead atoms. The summed E-state index contributed by atoms with van der Waals surface area (Å²) in [5.41, 5.74) is 0. The van der Waals surface area contributed by atoms with Crippen LogP contribution in [-0.4, -0.2) is 50.2 Å². The van der Waals surface area contributed by atoms with Crippen molar-refractivity contribution in [1.29, 1.82) is 0 Å². The molecule has 0 N–H and O–H groups in total. The van der Waals surface area contributed by atoms with E-state index in [1.165, 1.54) is 0 Å². The Morgan fingerprint density at radius 3 is 1.17 bits per heavy atom. The third kappa shape index (κ3) is 68.0. The molecule has 0 amide bonds. The van der Waals surface area contributed by atoms with Crippen molar-refractivity contribution in [3.05, 3.63) is 6.67 Å². The summed E-state index contributed by atoms with van der Waals surface area (Å²) in [5.74, 6) is 0. The number of hydrogen-bond donors (Lipinski definition) is 0. The average molecular weight is 432 g/mol. The first-order valence-electron chi connectivity index (χ1n) is 5.58. The summed E-state index contributed by atoms with van der Waals surface area (Å²) in [6.07, 6.45) is 0. The average Bonchev–Trinajstić information content (AvgIpc) is 2.07. The van der Waals surface area contributed by atoms with Crippen molar-refractivity contribution in [2.75, 3.05) is 40.4 Å². The van der Waals surface area contributed by atoms with Gasteiger partial charge in [0.25, 0.3) is 0 Å². The van der Waals surface area contributed by atoms with Crippen LogP contribution in [0.25, 0.3) is 0 Å². The van der Waals surface area contributed by atoms with Gasteiger partial charge in [0.1, 0.15) is 22.9 Å². The van der Waals surface area contributed by atoms with Gasteiger partial charge in [0.05, 0.1) is 27.3 Å².